The molecule has 0 saturated heterocycles. The van der Waals surface area contributed by atoms with Crippen molar-refractivity contribution in [1.29, 1.82) is 0 Å². The van der Waals surface area contributed by atoms with Gasteiger partial charge in [0.05, 0.1) is 0 Å². The molecule has 3 N–H and O–H groups in total. The van der Waals surface area contributed by atoms with Crippen molar-refractivity contribution in [3.63, 3.8) is 0 Å². The summed E-state index contributed by atoms with van der Waals surface area (Å²) in [6.07, 6.45) is 7.74. The number of nitrogens with two attached hydrogens (primary N) is 1. The maximum atomic E-state index is 6.14. The molecule has 0 amide bonds. The zero-order valence-electron chi connectivity index (χ0n) is 12.6. The topological polar surface area (TPSA) is 73.1 Å². The van der Waals surface area contributed by atoms with Crippen LogP contribution in [-0.4, -0.2) is 16.6 Å². The predicted octanol–water partition coefficient (Wildman–Crippen LogP) is 2.91. The van der Waals surface area contributed by atoms with Crippen LogP contribution in [0.25, 0.3) is 0 Å². The molecule has 2 rings (SSSR count). The van der Waals surface area contributed by atoms with Crippen LogP contribution in [0.1, 0.15) is 63.9 Å². The van der Waals surface area contributed by atoms with Crippen LogP contribution in [0.5, 0.6) is 0 Å². The number of aryl methyl sites for hydroxylation is 1. The third-order valence-corrected chi connectivity index (χ3v) is 4.03. The largest absolute Gasteiger partial charge is 0.367 e. The van der Waals surface area contributed by atoms with Crippen molar-refractivity contribution in [3.8, 4) is 0 Å². The van der Waals surface area contributed by atoms with E-state index in [0.29, 0.717) is 12.4 Å². The average molecular weight is 278 g/mol. The highest BCUT2D eigenvalue weighted by Crippen LogP contribution is 2.38. The van der Waals surface area contributed by atoms with Gasteiger partial charge in [0.2, 0.25) is 0 Å². The minimum absolute atomic E-state index is 0.331. The Hall–Kier alpha value is -1.20. The molecule has 1 aromatic heterocycles. The lowest BCUT2D eigenvalue weighted by atomic mass is 9.92. The molecular weight excluding hydrogens is 252 g/mol. The van der Waals surface area contributed by atoms with Crippen molar-refractivity contribution in [2.45, 2.75) is 64.4 Å². The van der Waals surface area contributed by atoms with Crippen LogP contribution < -0.4 is 11.3 Å². The van der Waals surface area contributed by atoms with E-state index in [1.165, 1.54) is 25.7 Å². The van der Waals surface area contributed by atoms with E-state index < -0.39 is 0 Å². The molecule has 0 radical (unpaired) electrons. The zero-order chi connectivity index (χ0) is 14.4. The third-order valence-electron chi connectivity index (χ3n) is 4.03. The maximum absolute atomic E-state index is 6.14. The lowest BCUT2D eigenvalue weighted by Gasteiger charge is -2.31. The molecule has 1 heterocycles. The van der Waals surface area contributed by atoms with Gasteiger partial charge in [0.1, 0.15) is 11.4 Å². The summed E-state index contributed by atoms with van der Waals surface area (Å²) in [7, 11) is 0. The van der Waals surface area contributed by atoms with Crippen LogP contribution >= 0.6 is 0 Å². The Morgan fingerprint density at radius 1 is 1.20 bits per heavy atom. The Morgan fingerprint density at radius 3 is 2.45 bits per heavy atom. The van der Waals surface area contributed by atoms with Gasteiger partial charge in [-0.15, -0.1) is 0 Å². The zero-order valence-corrected chi connectivity index (χ0v) is 12.6. The molecule has 1 fully saturated rings. The van der Waals surface area contributed by atoms with E-state index in [4.69, 9.17) is 15.6 Å². The van der Waals surface area contributed by atoms with Crippen molar-refractivity contribution < 1.29 is 4.74 Å². The molecule has 0 aliphatic heterocycles. The summed E-state index contributed by atoms with van der Waals surface area (Å²) < 4.78 is 6.14. The first-order valence-electron chi connectivity index (χ1n) is 7.73. The second-order valence-corrected chi connectivity index (χ2v) is 5.41. The van der Waals surface area contributed by atoms with Crippen molar-refractivity contribution in [1.82, 2.24) is 9.97 Å². The quantitative estimate of drug-likeness (QED) is 0.492. The van der Waals surface area contributed by atoms with Crippen LogP contribution in [0.2, 0.25) is 0 Å². The Bertz CT molecular complexity index is 406. The Morgan fingerprint density at radius 2 is 1.90 bits per heavy atom. The van der Waals surface area contributed by atoms with Crippen LogP contribution in [0.4, 0.5) is 5.82 Å². The van der Waals surface area contributed by atoms with Gasteiger partial charge in [-0.25, -0.2) is 15.8 Å². The number of hydrogen-bond donors (Lipinski definition) is 2. The lowest BCUT2D eigenvalue weighted by molar-refractivity contribution is -0.0624. The molecule has 20 heavy (non-hydrogen) atoms. The average Bonchev–Trinajstić information content (AvgIpc) is 2.73. The highest BCUT2D eigenvalue weighted by Gasteiger charge is 2.36. The molecule has 5 nitrogen and oxygen atoms in total. The number of nitrogen functional groups attached to an aromatic ring is 1. The summed E-state index contributed by atoms with van der Waals surface area (Å²) in [4.78, 5) is 9.31. The molecule has 0 bridgehead atoms. The number of nitrogens with zero attached hydrogens (tertiary/aromatic N) is 2. The van der Waals surface area contributed by atoms with E-state index in [1.54, 1.807) is 0 Å². The Kier molecular flexibility index (Phi) is 5.31. The van der Waals surface area contributed by atoms with Gasteiger partial charge in [0, 0.05) is 18.4 Å². The van der Waals surface area contributed by atoms with E-state index >= 15 is 0 Å². The van der Waals surface area contributed by atoms with Crippen molar-refractivity contribution in [2.75, 3.05) is 12.0 Å². The second kappa shape index (κ2) is 6.99. The molecule has 5 heteroatoms. The number of anilines is 1. The van der Waals surface area contributed by atoms with Gasteiger partial charge in [-0.2, -0.15) is 0 Å². The minimum atomic E-state index is -0.331. The summed E-state index contributed by atoms with van der Waals surface area (Å²) >= 11 is 0. The molecule has 1 saturated carbocycles. The van der Waals surface area contributed by atoms with Gasteiger partial charge in [0.15, 0.2) is 5.82 Å². The fourth-order valence-corrected chi connectivity index (χ4v) is 2.96. The number of hydrazine groups is 1. The van der Waals surface area contributed by atoms with Gasteiger partial charge < -0.3 is 10.2 Å². The van der Waals surface area contributed by atoms with Gasteiger partial charge in [-0.1, -0.05) is 32.6 Å². The highest BCUT2D eigenvalue weighted by molar-refractivity contribution is 5.35. The molecule has 112 valence electrons. The van der Waals surface area contributed by atoms with Gasteiger partial charge in [-0.05, 0) is 26.2 Å². The molecule has 1 aromatic rings. The normalized spacial score (nSPS) is 18.6. The molecule has 0 aromatic carbocycles. The van der Waals surface area contributed by atoms with Crippen molar-refractivity contribution in [3.05, 3.63) is 17.6 Å². The number of hydrogen-bond acceptors (Lipinski definition) is 5. The Labute approximate surface area is 121 Å². The van der Waals surface area contributed by atoms with Crippen LogP contribution in [0.3, 0.4) is 0 Å². The molecule has 0 unspecified atom stereocenters. The molecule has 0 atom stereocenters. The minimum Gasteiger partial charge on any atom is -0.367 e. The van der Waals surface area contributed by atoms with E-state index in [2.05, 4.69) is 17.3 Å². The lowest BCUT2D eigenvalue weighted by Crippen LogP contribution is -2.32. The fourth-order valence-electron chi connectivity index (χ4n) is 2.96. The van der Waals surface area contributed by atoms with Crippen LogP contribution in [-0.2, 0) is 16.8 Å². The van der Waals surface area contributed by atoms with E-state index in [0.717, 1.165) is 30.8 Å². The van der Waals surface area contributed by atoms with E-state index in [9.17, 15) is 0 Å². The number of rotatable bonds is 5. The van der Waals surface area contributed by atoms with Crippen molar-refractivity contribution in [2.24, 2.45) is 5.84 Å². The van der Waals surface area contributed by atoms with Crippen molar-refractivity contribution >= 4 is 5.82 Å². The first kappa shape index (κ1) is 15.2. The van der Waals surface area contributed by atoms with E-state index in [1.807, 2.05) is 13.0 Å². The SMILES string of the molecule is CCOC1(c2nc(CC)cc(NN)n2)CCCCCC1. The molecular formula is C15H26N4O. The number of aromatic nitrogens is 2. The summed E-state index contributed by atoms with van der Waals surface area (Å²) in [5.41, 5.74) is 3.32. The third kappa shape index (κ3) is 3.27. The summed E-state index contributed by atoms with van der Waals surface area (Å²) in [5, 5.41) is 0. The molecule has 1 aliphatic rings. The smallest absolute Gasteiger partial charge is 0.162 e. The molecule has 0 spiro atoms. The van der Waals surface area contributed by atoms with Gasteiger partial charge >= 0.3 is 0 Å². The molecule has 1 aliphatic carbocycles. The monoisotopic (exact) mass is 278 g/mol. The summed E-state index contributed by atoms with van der Waals surface area (Å²) in [5.74, 6) is 7.01. The fraction of sp³-hybridized carbons (Fsp3) is 0.733. The van der Waals surface area contributed by atoms with Gasteiger partial charge in [0.25, 0.3) is 0 Å². The first-order chi connectivity index (χ1) is 9.74. The standard InChI is InChI=1S/C15H26N4O/c1-3-12-11-13(19-16)18-14(17-12)15(20-4-2)9-7-5-6-8-10-15/h11H,3-10,16H2,1-2H3,(H,17,18,19). The van der Waals surface area contributed by atoms with Gasteiger partial charge in [-0.3, -0.25) is 0 Å². The second-order valence-electron chi connectivity index (χ2n) is 5.41. The maximum Gasteiger partial charge on any atom is 0.162 e. The summed E-state index contributed by atoms with van der Waals surface area (Å²) in [6.45, 7) is 4.82. The first-order valence-corrected chi connectivity index (χ1v) is 7.73. The van der Waals surface area contributed by atoms with Crippen LogP contribution in [0.15, 0.2) is 6.07 Å². The summed E-state index contributed by atoms with van der Waals surface area (Å²) in [6, 6.07) is 1.90. The highest BCUT2D eigenvalue weighted by atomic mass is 16.5. The van der Waals surface area contributed by atoms with E-state index in [-0.39, 0.29) is 5.60 Å². The predicted molar refractivity (Wildman–Crippen MR) is 80.2 cm³/mol. The number of nitrogens with one attached hydrogen (secondary N) is 1. The Balaban J connectivity index is 2.41. The number of ether oxygens (including phenoxy) is 1. The van der Waals surface area contributed by atoms with Crippen LogP contribution in [0, 0.1) is 0 Å².